The summed E-state index contributed by atoms with van der Waals surface area (Å²) < 4.78 is 0. The Hall–Kier alpha value is -1.06. The molecule has 0 bridgehead atoms. The van der Waals surface area contributed by atoms with Crippen LogP contribution < -0.4 is 5.56 Å². The lowest BCUT2D eigenvalue weighted by Gasteiger charge is -2.01. The van der Waals surface area contributed by atoms with Crippen LogP contribution in [0.3, 0.4) is 0 Å². The number of pyridine rings is 2. The Bertz CT molecular complexity index is 536. The number of H-pyrrole nitrogens is 1. The third kappa shape index (κ3) is 1.61. The van der Waals surface area contributed by atoms with Gasteiger partial charge in [0.1, 0.15) is 10.8 Å². The lowest BCUT2D eigenvalue weighted by Crippen LogP contribution is -2.06. The second-order valence-corrected chi connectivity index (χ2v) is 3.48. The maximum absolute atomic E-state index is 11.2. The maximum atomic E-state index is 11.2. The van der Waals surface area contributed by atoms with Gasteiger partial charge in [0, 0.05) is 17.3 Å². The zero-order chi connectivity index (χ0) is 10.1. The Morgan fingerprint density at radius 3 is 2.93 bits per heavy atom. The van der Waals surface area contributed by atoms with Crippen LogP contribution in [-0.4, -0.2) is 9.97 Å². The fraction of sp³-hybridized carbons (Fsp3) is 0.111. The van der Waals surface area contributed by atoms with Gasteiger partial charge in [-0.1, -0.05) is 11.6 Å². The van der Waals surface area contributed by atoms with Crippen molar-refractivity contribution in [2.45, 2.75) is 5.88 Å². The van der Waals surface area contributed by atoms with Crippen molar-refractivity contribution in [3.8, 4) is 0 Å². The van der Waals surface area contributed by atoms with Gasteiger partial charge in [-0.25, -0.2) is 4.98 Å². The van der Waals surface area contributed by atoms with Gasteiger partial charge < -0.3 is 4.98 Å². The maximum Gasteiger partial charge on any atom is 0.249 e. The monoisotopic (exact) mass is 228 g/mol. The van der Waals surface area contributed by atoms with E-state index in [1.54, 1.807) is 12.1 Å². The first-order valence-electron chi connectivity index (χ1n) is 3.95. The summed E-state index contributed by atoms with van der Waals surface area (Å²) in [5.41, 5.74) is 1.01. The zero-order valence-corrected chi connectivity index (χ0v) is 8.56. The molecule has 14 heavy (non-hydrogen) atoms. The van der Waals surface area contributed by atoms with Crippen molar-refractivity contribution in [3.63, 3.8) is 0 Å². The number of hydrogen-bond donors (Lipinski definition) is 1. The van der Waals surface area contributed by atoms with Gasteiger partial charge in [0.05, 0.1) is 0 Å². The number of aromatic nitrogens is 2. The summed E-state index contributed by atoms with van der Waals surface area (Å²) >= 11 is 11.4. The summed E-state index contributed by atoms with van der Waals surface area (Å²) in [6, 6.07) is 4.92. The van der Waals surface area contributed by atoms with Crippen LogP contribution in [-0.2, 0) is 5.88 Å². The predicted molar refractivity (Wildman–Crippen MR) is 56.9 cm³/mol. The summed E-state index contributed by atoms with van der Waals surface area (Å²) in [4.78, 5) is 17.8. The average Bonchev–Trinajstić information content (AvgIpc) is 2.15. The van der Waals surface area contributed by atoms with Gasteiger partial charge in [0.2, 0.25) is 5.56 Å². The minimum absolute atomic E-state index is 0.220. The van der Waals surface area contributed by atoms with Gasteiger partial charge >= 0.3 is 0 Å². The van der Waals surface area contributed by atoms with E-state index in [-0.39, 0.29) is 11.4 Å². The molecule has 2 aromatic heterocycles. The van der Waals surface area contributed by atoms with Crippen LogP contribution in [0.15, 0.2) is 23.0 Å². The van der Waals surface area contributed by atoms with Crippen molar-refractivity contribution in [3.05, 3.63) is 39.3 Å². The van der Waals surface area contributed by atoms with Crippen LogP contribution in [0.1, 0.15) is 5.56 Å². The molecule has 2 aromatic rings. The highest BCUT2D eigenvalue weighted by atomic mass is 35.5. The number of fused-ring (bicyclic) bond motifs is 1. The molecule has 5 heteroatoms. The molecule has 2 heterocycles. The van der Waals surface area contributed by atoms with Crippen molar-refractivity contribution >= 4 is 34.2 Å². The molecule has 0 atom stereocenters. The minimum Gasteiger partial charge on any atom is -0.307 e. The number of aromatic amines is 1. The van der Waals surface area contributed by atoms with Crippen molar-refractivity contribution in [1.82, 2.24) is 9.97 Å². The largest absolute Gasteiger partial charge is 0.307 e. The normalized spacial score (nSPS) is 10.7. The third-order valence-electron chi connectivity index (χ3n) is 1.90. The molecular formula is C9H6Cl2N2O. The lowest BCUT2D eigenvalue weighted by molar-refractivity contribution is 1.21. The highest BCUT2D eigenvalue weighted by molar-refractivity contribution is 6.29. The molecule has 72 valence electrons. The smallest absolute Gasteiger partial charge is 0.249 e. The molecule has 0 aliphatic carbocycles. The second kappa shape index (κ2) is 3.59. The average molecular weight is 229 g/mol. The van der Waals surface area contributed by atoms with E-state index in [1.165, 1.54) is 6.07 Å². The summed E-state index contributed by atoms with van der Waals surface area (Å²) in [6.07, 6.45) is 0. The van der Waals surface area contributed by atoms with Gasteiger partial charge in [-0.05, 0) is 17.7 Å². The summed E-state index contributed by atoms with van der Waals surface area (Å²) in [7, 11) is 0. The molecule has 0 aliphatic heterocycles. The van der Waals surface area contributed by atoms with Crippen LogP contribution in [0.2, 0.25) is 5.15 Å². The van der Waals surface area contributed by atoms with Gasteiger partial charge in [-0.2, -0.15) is 0 Å². The van der Waals surface area contributed by atoms with Gasteiger partial charge in [0.15, 0.2) is 0 Å². The topological polar surface area (TPSA) is 45.8 Å². The van der Waals surface area contributed by atoms with E-state index in [2.05, 4.69) is 9.97 Å². The Balaban J connectivity index is 2.87. The van der Waals surface area contributed by atoms with Crippen molar-refractivity contribution in [1.29, 1.82) is 0 Å². The first-order chi connectivity index (χ1) is 6.70. The SMILES string of the molecule is O=c1cc(CCl)c2ccc(Cl)nc2[nH]1. The standard InChI is InChI=1S/C9H6Cl2N2O/c10-4-5-3-8(14)13-9-6(5)1-2-7(11)12-9/h1-3H,4H2,(H,12,13,14). The van der Waals surface area contributed by atoms with E-state index in [0.717, 1.165) is 10.9 Å². The Morgan fingerprint density at radius 1 is 1.43 bits per heavy atom. The van der Waals surface area contributed by atoms with E-state index < -0.39 is 0 Å². The number of rotatable bonds is 1. The Labute approximate surface area is 89.7 Å². The fourth-order valence-electron chi connectivity index (χ4n) is 1.29. The molecule has 0 saturated carbocycles. The molecular weight excluding hydrogens is 223 g/mol. The minimum atomic E-state index is -0.220. The van der Waals surface area contributed by atoms with Crippen LogP contribution in [0.4, 0.5) is 0 Å². The molecule has 1 N–H and O–H groups in total. The molecule has 0 saturated heterocycles. The van der Waals surface area contributed by atoms with E-state index >= 15 is 0 Å². The molecule has 0 amide bonds. The predicted octanol–water partition coefficient (Wildman–Crippen LogP) is 2.32. The number of halogens is 2. The molecule has 0 unspecified atom stereocenters. The number of alkyl halides is 1. The molecule has 0 aliphatic rings. The van der Waals surface area contributed by atoms with Gasteiger partial charge in [-0.3, -0.25) is 4.79 Å². The molecule has 0 spiro atoms. The van der Waals surface area contributed by atoms with E-state index in [9.17, 15) is 4.79 Å². The quantitative estimate of drug-likeness (QED) is 0.602. The van der Waals surface area contributed by atoms with Crippen molar-refractivity contribution in [2.75, 3.05) is 0 Å². The first kappa shape index (κ1) is 9.49. The second-order valence-electron chi connectivity index (χ2n) is 2.82. The van der Waals surface area contributed by atoms with E-state index in [0.29, 0.717) is 10.8 Å². The summed E-state index contributed by atoms with van der Waals surface area (Å²) in [6.45, 7) is 0. The number of hydrogen-bond acceptors (Lipinski definition) is 2. The van der Waals surface area contributed by atoms with Gasteiger partial charge in [-0.15, -0.1) is 11.6 Å². The van der Waals surface area contributed by atoms with Crippen molar-refractivity contribution < 1.29 is 0 Å². The zero-order valence-electron chi connectivity index (χ0n) is 7.05. The summed E-state index contributed by atoms with van der Waals surface area (Å²) in [5, 5.41) is 1.17. The van der Waals surface area contributed by atoms with Crippen LogP contribution in [0.5, 0.6) is 0 Å². The van der Waals surface area contributed by atoms with Crippen LogP contribution in [0, 0.1) is 0 Å². The highest BCUT2D eigenvalue weighted by Gasteiger charge is 2.03. The number of nitrogens with zero attached hydrogens (tertiary/aromatic N) is 1. The molecule has 0 fully saturated rings. The molecule has 0 aromatic carbocycles. The van der Waals surface area contributed by atoms with E-state index in [1.807, 2.05) is 0 Å². The van der Waals surface area contributed by atoms with E-state index in [4.69, 9.17) is 23.2 Å². The first-order valence-corrected chi connectivity index (χ1v) is 4.86. The lowest BCUT2D eigenvalue weighted by atomic mass is 10.2. The van der Waals surface area contributed by atoms with Crippen LogP contribution >= 0.6 is 23.2 Å². The molecule has 3 nitrogen and oxygen atoms in total. The summed E-state index contributed by atoms with van der Waals surface area (Å²) in [5.74, 6) is 0.281. The van der Waals surface area contributed by atoms with Crippen molar-refractivity contribution in [2.24, 2.45) is 0 Å². The highest BCUT2D eigenvalue weighted by Crippen LogP contribution is 2.17. The van der Waals surface area contributed by atoms with Crippen LogP contribution in [0.25, 0.3) is 11.0 Å². The third-order valence-corrected chi connectivity index (χ3v) is 2.40. The fourth-order valence-corrected chi connectivity index (χ4v) is 1.66. The Kier molecular flexibility index (Phi) is 2.44. The number of nitrogens with one attached hydrogen (secondary N) is 1. The Morgan fingerprint density at radius 2 is 2.21 bits per heavy atom. The van der Waals surface area contributed by atoms with Gasteiger partial charge in [0.25, 0.3) is 0 Å². The molecule has 0 radical (unpaired) electrons. The molecule has 2 rings (SSSR count).